The van der Waals surface area contributed by atoms with Gasteiger partial charge in [-0.25, -0.2) is 4.98 Å². The minimum absolute atomic E-state index is 0.201. The first-order valence-corrected chi connectivity index (χ1v) is 9.08. The van der Waals surface area contributed by atoms with Gasteiger partial charge in [0.25, 0.3) is 5.91 Å². The fourth-order valence-corrected chi connectivity index (χ4v) is 3.58. The normalized spacial score (nSPS) is 11.5. The van der Waals surface area contributed by atoms with Gasteiger partial charge in [-0.15, -0.1) is 11.3 Å². The summed E-state index contributed by atoms with van der Waals surface area (Å²) in [5.74, 6) is -0.952. The number of benzene rings is 2. The lowest BCUT2D eigenvalue weighted by Gasteiger charge is -2.10. The Bertz CT molecular complexity index is 1170. The molecule has 140 valence electrons. The Morgan fingerprint density at radius 3 is 2.61 bits per heavy atom. The first kappa shape index (κ1) is 18.1. The molecule has 4 rings (SSSR count). The molecule has 0 atom stereocenters. The van der Waals surface area contributed by atoms with Crippen LogP contribution in [-0.2, 0) is 6.18 Å². The number of aromatic nitrogens is 2. The van der Waals surface area contributed by atoms with Crippen LogP contribution >= 0.6 is 11.3 Å². The molecule has 0 aliphatic carbocycles. The van der Waals surface area contributed by atoms with Crippen molar-refractivity contribution >= 4 is 33.1 Å². The van der Waals surface area contributed by atoms with Gasteiger partial charge in [-0.2, -0.15) is 13.2 Å². The van der Waals surface area contributed by atoms with Gasteiger partial charge in [0.15, 0.2) is 5.13 Å². The summed E-state index contributed by atoms with van der Waals surface area (Å²) in [5.41, 5.74) is -0.256. The average Bonchev–Trinajstić information content (AvgIpc) is 3.15. The number of carbonyl (C=O) groups excluding carboxylic acids is 1. The molecule has 0 aliphatic heterocycles. The standard InChI is InChI=1S/C20H12F3N3OS/c21-20(22,23)15-9-4-10-24-17(15)18(27)26-19-25-16(11-28-19)14-8-3-6-12-5-1-2-7-13(12)14/h1-11H,(H,25,26,27). The summed E-state index contributed by atoms with van der Waals surface area (Å²) in [6, 6.07) is 15.5. The number of nitrogens with one attached hydrogen (secondary N) is 1. The zero-order chi connectivity index (χ0) is 19.7. The van der Waals surface area contributed by atoms with Gasteiger partial charge < -0.3 is 0 Å². The maximum absolute atomic E-state index is 13.1. The highest BCUT2D eigenvalue weighted by atomic mass is 32.1. The van der Waals surface area contributed by atoms with E-state index in [-0.39, 0.29) is 5.13 Å². The molecule has 2 heterocycles. The molecule has 0 bridgehead atoms. The van der Waals surface area contributed by atoms with Crippen LogP contribution in [0.1, 0.15) is 16.1 Å². The van der Waals surface area contributed by atoms with Crippen molar-refractivity contribution in [3.8, 4) is 11.3 Å². The summed E-state index contributed by atoms with van der Waals surface area (Å²) in [5, 5.41) is 6.41. The number of alkyl halides is 3. The molecule has 8 heteroatoms. The molecular weight excluding hydrogens is 387 g/mol. The van der Waals surface area contributed by atoms with Gasteiger partial charge in [-0.3, -0.25) is 15.1 Å². The summed E-state index contributed by atoms with van der Waals surface area (Å²) in [7, 11) is 0. The molecule has 4 nitrogen and oxygen atoms in total. The van der Waals surface area contributed by atoms with E-state index in [1.807, 2.05) is 42.5 Å². The van der Waals surface area contributed by atoms with Gasteiger partial charge in [0.05, 0.1) is 11.3 Å². The third-order valence-electron chi connectivity index (χ3n) is 4.12. The molecule has 0 unspecified atom stereocenters. The van der Waals surface area contributed by atoms with Crippen LogP contribution < -0.4 is 5.32 Å². The van der Waals surface area contributed by atoms with Crippen LogP contribution in [0.3, 0.4) is 0 Å². The van der Waals surface area contributed by atoms with Crippen LogP contribution in [0.2, 0.25) is 0 Å². The van der Waals surface area contributed by atoms with E-state index >= 15 is 0 Å². The van der Waals surface area contributed by atoms with Crippen LogP contribution in [0.4, 0.5) is 18.3 Å². The van der Waals surface area contributed by atoms with Crippen molar-refractivity contribution in [2.24, 2.45) is 0 Å². The van der Waals surface area contributed by atoms with Crippen LogP contribution in [0.25, 0.3) is 22.0 Å². The third kappa shape index (κ3) is 3.46. The van der Waals surface area contributed by atoms with E-state index in [4.69, 9.17) is 0 Å². The van der Waals surface area contributed by atoms with Gasteiger partial charge in [0, 0.05) is 17.1 Å². The second-order valence-electron chi connectivity index (χ2n) is 5.92. The van der Waals surface area contributed by atoms with Gasteiger partial charge >= 0.3 is 6.18 Å². The van der Waals surface area contributed by atoms with E-state index in [9.17, 15) is 18.0 Å². The van der Waals surface area contributed by atoms with Crippen LogP contribution in [0.5, 0.6) is 0 Å². The van der Waals surface area contributed by atoms with E-state index in [1.165, 1.54) is 0 Å². The summed E-state index contributed by atoms with van der Waals surface area (Å²) in [6.45, 7) is 0. The van der Waals surface area contributed by atoms with E-state index < -0.39 is 23.3 Å². The predicted octanol–water partition coefficient (Wildman–Crippen LogP) is 5.63. The van der Waals surface area contributed by atoms with Crippen molar-refractivity contribution in [3.05, 3.63) is 77.4 Å². The van der Waals surface area contributed by atoms with Crippen molar-refractivity contribution in [2.75, 3.05) is 5.32 Å². The minimum Gasteiger partial charge on any atom is -0.296 e. The van der Waals surface area contributed by atoms with Crippen molar-refractivity contribution in [2.45, 2.75) is 6.18 Å². The van der Waals surface area contributed by atoms with Crippen LogP contribution in [0, 0.1) is 0 Å². The maximum Gasteiger partial charge on any atom is 0.418 e. The number of fused-ring (bicyclic) bond motifs is 1. The smallest absolute Gasteiger partial charge is 0.296 e. The Hall–Kier alpha value is -3.26. The van der Waals surface area contributed by atoms with Crippen molar-refractivity contribution in [3.63, 3.8) is 0 Å². The molecule has 1 N–H and O–H groups in total. The number of hydrogen-bond acceptors (Lipinski definition) is 4. The average molecular weight is 399 g/mol. The SMILES string of the molecule is O=C(Nc1nc(-c2cccc3ccccc23)cs1)c1ncccc1C(F)(F)F. The summed E-state index contributed by atoms with van der Waals surface area (Å²) in [4.78, 5) is 20.3. The number of carbonyl (C=O) groups is 1. The molecule has 0 saturated carbocycles. The minimum atomic E-state index is -4.67. The number of nitrogens with zero attached hydrogens (tertiary/aromatic N) is 2. The van der Waals surface area contributed by atoms with Gasteiger partial charge in [0.1, 0.15) is 5.69 Å². The molecule has 0 aliphatic rings. The Labute approximate surface area is 161 Å². The first-order valence-electron chi connectivity index (χ1n) is 8.21. The Balaban J connectivity index is 1.64. The molecule has 2 aromatic carbocycles. The lowest BCUT2D eigenvalue weighted by atomic mass is 10.0. The lowest BCUT2D eigenvalue weighted by Crippen LogP contribution is -2.20. The molecule has 28 heavy (non-hydrogen) atoms. The highest BCUT2D eigenvalue weighted by molar-refractivity contribution is 7.14. The summed E-state index contributed by atoms with van der Waals surface area (Å²) >= 11 is 1.14. The highest BCUT2D eigenvalue weighted by Crippen LogP contribution is 2.33. The second-order valence-corrected chi connectivity index (χ2v) is 6.77. The van der Waals surface area contributed by atoms with E-state index in [0.29, 0.717) is 5.69 Å². The van der Waals surface area contributed by atoms with Gasteiger partial charge in [0.2, 0.25) is 0 Å². The molecular formula is C20H12F3N3OS. The van der Waals surface area contributed by atoms with Crippen LogP contribution in [-0.4, -0.2) is 15.9 Å². The van der Waals surface area contributed by atoms with E-state index in [1.54, 1.807) is 5.38 Å². The molecule has 2 aromatic heterocycles. The Morgan fingerprint density at radius 1 is 1.00 bits per heavy atom. The van der Waals surface area contributed by atoms with Crippen LogP contribution in [0.15, 0.2) is 66.2 Å². The number of hydrogen-bond donors (Lipinski definition) is 1. The summed E-state index contributed by atoms with van der Waals surface area (Å²) in [6.07, 6.45) is -3.52. The lowest BCUT2D eigenvalue weighted by molar-refractivity contribution is -0.138. The van der Waals surface area contributed by atoms with E-state index in [2.05, 4.69) is 15.3 Å². The molecule has 0 radical (unpaired) electrons. The van der Waals surface area contributed by atoms with Gasteiger partial charge in [-0.1, -0.05) is 42.5 Å². The highest BCUT2D eigenvalue weighted by Gasteiger charge is 2.36. The quantitative estimate of drug-likeness (QED) is 0.486. The first-order chi connectivity index (χ1) is 13.4. The fourth-order valence-electron chi connectivity index (χ4n) is 2.87. The number of halogens is 3. The van der Waals surface area contributed by atoms with Crippen molar-refractivity contribution in [1.82, 2.24) is 9.97 Å². The molecule has 0 spiro atoms. The number of amides is 1. The zero-order valence-corrected chi connectivity index (χ0v) is 15.0. The summed E-state index contributed by atoms with van der Waals surface area (Å²) < 4.78 is 39.3. The third-order valence-corrected chi connectivity index (χ3v) is 4.88. The second kappa shape index (κ2) is 7.05. The number of thiazole rings is 1. The fraction of sp³-hybridized carbons (Fsp3) is 0.0500. The molecule has 0 fully saturated rings. The monoisotopic (exact) mass is 399 g/mol. The largest absolute Gasteiger partial charge is 0.418 e. The van der Waals surface area contributed by atoms with Gasteiger partial charge in [-0.05, 0) is 22.9 Å². The van der Waals surface area contributed by atoms with Crippen molar-refractivity contribution in [1.29, 1.82) is 0 Å². The number of anilines is 1. The molecule has 1 amide bonds. The topological polar surface area (TPSA) is 54.9 Å². The maximum atomic E-state index is 13.1. The molecule has 0 saturated heterocycles. The Morgan fingerprint density at radius 2 is 1.79 bits per heavy atom. The number of pyridine rings is 1. The zero-order valence-electron chi connectivity index (χ0n) is 14.2. The van der Waals surface area contributed by atoms with Crippen molar-refractivity contribution < 1.29 is 18.0 Å². The predicted molar refractivity (Wildman–Crippen MR) is 102 cm³/mol. The molecule has 4 aromatic rings. The Kier molecular flexibility index (Phi) is 4.56. The van der Waals surface area contributed by atoms with E-state index in [0.717, 1.165) is 46.0 Å². The number of rotatable bonds is 3.